The molecule has 0 aliphatic heterocycles. The molecule has 0 amide bonds. The van der Waals surface area contributed by atoms with Gasteiger partial charge in [-0.2, -0.15) is 35.5 Å². The first-order chi connectivity index (χ1) is 36.8. The van der Waals surface area contributed by atoms with Crippen molar-refractivity contribution in [3.05, 3.63) is 120 Å². The van der Waals surface area contributed by atoms with Crippen molar-refractivity contribution in [1.82, 2.24) is 0 Å². The molecule has 0 bridgehead atoms. The van der Waals surface area contributed by atoms with Gasteiger partial charge in [-0.05, 0) is 120 Å². The number of nitrogens with zero attached hydrogens (tertiary/aromatic N) is 8. The molecular formula is C49H39N9O17S3. The number of phenols is 3. The lowest BCUT2D eigenvalue weighted by atomic mass is 10.0. The van der Waals surface area contributed by atoms with Crippen LogP contribution in [0.1, 0.15) is 15.9 Å². The van der Waals surface area contributed by atoms with Gasteiger partial charge in [0.15, 0.2) is 11.5 Å². The Morgan fingerprint density at radius 3 is 1.55 bits per heavy atom. The zero-order valence-electron chi connectivity index (χ0n) is 40.5. The van der Waals surface area contributed by atoms with Crippen molar-refractivity contribution in [2.45, 2.75) is 21.6 Å². The number of nitrogen functional groups attached to an aromatic ring is 1. The fourth-order valence-electron chi connectivity index (χ4n) is 7.68. The van der Waals surface area contributed by atoms with Crippen molar-refractivity contribution in [1.29, 1.82) is 0 Å². The van der Waals surface area contributed by atoms with Crippen LogP contribution in [0.25, 0.3) is 32.7 Å². The van der Waals surface area contributed by atoms with E-state index in [1.54, 1.807) is 19.1 Å². The fraction of sp³-hybridized carbons (Fsp3) is 0.0816. The van der Waals surface area contributed by atoms with Gasteiger partial charge in [0.2, 0.25) is 0 Å². The second kappa shape index (κ2) is 21.2. The summed E-state index contributed by atoms with van der Waals surface area (Å²) < 4.78 is 121. The smallest absolute Gasteiger partial charge is 0.339 e. The Morgan fingerprint density at radius 1 is 0.487 bits per heavy atom. The summed E-state index contributed by atoms with van der Waals surface area (Å²) in [5.41, 5.74) is 6.53. The highest BCUT2D eigenvalue weighted by Gasteiger charge is 2.26. The number of ether oxygens (including phenoxy) is 3. The van der Waals surface area contributed by atoms with Crippen molar-refractivity contribution >= 4 is 109 Å². The Balaban J connectivity index is 1.09. The van der Waals surface area contributed by atoms with Crippen LogP contribution in [0.3, 0.4) is 0 Å². The zero-order valence-corrected chi connectivity index (χ0v) is 42.9. The molecule has 400 valence electrons. The minimum absolute atomic E-state index is 0.0134. The average Bonchev–Trinajstić information content (AvgIpc) is 3.49. The van der Waals surface area contributed by atoms with E-state index in [1.165, 1.54) is 82.0 Å². The summed E-state index contributed by atoms with van der Waals surface area (Å²) >= 11 is 0. The number of fused-ring (bicyclic) bond motifs is 2. The molecule has 8 rings (SSSR count). The summed E-state index contributed by atoms with van der Waals surface area (Å²) in [6.45, 7) is 1.67. The number of carboxylic acids is 1. The largest absolute Gasteiger partial charge is 0.507 e. The standard InChI is InChI=1S/C49H39N9O17S3/c1-23-15-37(41(75-4)22-36(23)54-51-27-7-14-38(59)32(20-27)49(62)63)55-56-44-31-21-43(78(70,71)72)46(48(61)30(31)10-11-33(44)50)58-53-35-13-6-25(18-40(35)74-3)24-5-12-34(39(17-24)73-2)52-57-45-42(77(67,68)69)19-26-16-28(76(64,65)66)8-9-29(26)47(45)60/h5-22,59-61H,50H2,1-4H3,(H,62,63)(H,64,65,66)(H,67,68,69)(H,70,71,72). The van der Waals surface area contributed by atoms with E-state index >= 15 is 0 Å². The van der Waals surface area contributed by atoms with E-state index in [0.29, 0.717) is 22.4 Å². The molecule has 0 atom stereocenters. The van der Waals surface area contributed by atoms with Crippen LogP contribution in [0.2, 0.25) is 0 Å². The third-order valence-corrected chi connectivity index (χ3v) is 14.1. The van der Waals surface area contributed by atoms with Crippen molar-refractivity contribution in [2.75, 3.05) is 27.1 Å². The second-order valence-corrected chi connectivity index (χ2v) is 20.6. The van der Waals surface area contributed by atoms with E-state index in [1.807, 2.05) is 0 Å². The summed E-state index contributed by atoms with van der Waals surface area (Å²) in [5.74, 6) is -3.03. The summed E-state index contributed by atoms with van der Waals surface area (Å²) in [7, 11) is -11.0. The van der Waals surface area contributed by atoms with Crippen LogP contribution >= 0.6 is 0 Å². The third-order valence-electron chi connectivity index (χ3n) is 11.6. The number of benzene rings is 8. The number of nitrogens with two attached hydrogens (primary N) is 1. The maximum atomic E-state index is 12.9. The molecule has 0 fully saturated rings. The van der Waals surface area contributed by atoms with Gasteiger partial charge in [-0.25, -0.2) is 4.79 Å². The fourth-order valence-corrected chi connectivity index (χ4v) is 9.50. The Morgan fingerprint density at radius 2 is 1.00 bits per heavy atom. The lowest BCUT2D eigenvalue weighted by molar-refractivity contribution is 0.0693. The first-order valence-electron chi connectivity index (χ1n) is 21.9. The monoisotopic (exact) mass is 1120 g/mol. The molecule has 0 heterocycles. The van der Waals surface area contributed by atoms with Crippen LogP contribution < -0.4 is 19.9 Å². The van der Waals surface area contributed by atoms with Crippen LogP contribution in [0.15, 0.2) is 165 Å². The van der Waals surface area contributed by atoms with Gasteiger partial charge in [0, 0.05) is 22.2 Å². The van der Waals surface area contributed by atoms with E-state index in [2.05, 4.69) is 40.9 Å². The number of rotatable bonds is 16. The third kappa shape index (κ3) is 11.2. The van der Waals surface area contributed by atoms with Gasteiger partial charge in [-0.15, -0.1) is 30.7 Å². The van der Waals surface area contributed by atoms with Gasteiger partial charge >= 0.3 is 5.97 Å². The molecule has 78 heavy (non-hydrogen) atoms. The zero-order chi connectivity index (χ0) is 56.6. The minimum Gasteiger partial charge on any atom is -0.507 e. The number of methoxy groups -OCH3 is 3. The number of aromatic carboxylic acids is 1. The first kappa shape index (κ1) is 54.7. The molecule has 9 N–H and O–H groups in total. The molecule has 8 aromatic carbocycles. The van der Waals surface area contributed by atoms with Crippen molar-refractivity contribution in [3.63, 3.8) is 0 Å². The predicted octanol–water partition coefficient (Wildman–Crippen LogP) is 11.8. The number of phenolic OH excluding ortho intramolecular Hbond substituents is 2. The molecule has 0 saturated carbocycles. The molecule has 0 aromatic heterocycles. The van der Waals surface area contributed by atoms with Crippen LogP contribution in [-0.2, 0) is 30.4 Å². The highest BCUT2D eigenvalue weighted by molar-refractivity contribution is 7.86. The van der Waals surface area contributed by atoms with Gasteiger partial charge in [-0.1, -0.05) is 12.1 Å². The molecule has 0 radical (unpaired) electrons. The molecule has 0 aliphatic rings. The molecule has 26 nitrogen and oxygen atoms in total. The Hall–Kier alpha value is -9.52. The number of aromatic hydroxyl groups is 3. The molecule has 0 aliphatic carbocycles. The second-order valence-electron chi connectivity index (χ2n) is 16.4. The molecule has 8 aromatic rings. The SMILES string of the molecule is COc1cc(-c2ccc(N=Nc3c(S(=O)(=O)O)cc4c(N=Nc5cc(C)c(N=Nc6ccc(O)c(C(=O)O)c6)cc5OC)c(N)ccc4c3O)c(OC)c2)ccc1N=Nc1c(S(=O)(=O)O)cc2cc(S(=O)(=O)O)ccc2c1O. The minimum atomic E-state index is -5.16. The summed E-state index contributed by atoms with van der Waals surface area (Å²) in [6.07, 6.45) is 0. The summed E-state index contributed by atoms with van der Waals surface area (Å²) in [4.78, 5) is 9.03. The lowest BCUT2D eigenvalue weighted by Gasteiger charge is -2.12. The number of aryl methyl sites for hydroxylation is 1. The maximum absolute atomic E-state index is 12.9. The molecule has 29 heteroatoms. The highest BCUT2D eigenvalue weighted by atomic mass is 32.2. The number of carboxylic acid groups (broad SMARTS) is 1. The van der Waals surface area contributed by atoms with E-state index in [9.17, 15) is 64.1 Å². The van der Waals surface area contributed by atoms with Crippen LogP contribution in [0.5, 0.6) is 34.5 Å². The number of anilines is 1. The number of hydrogen-bond donors (Lipinski definition) is 8. The quantitative estimate of drug-likeness (QED) is 0.0253. The Bertz CT molecular complexity index is 4310. The highest BCUT2D eigenvalue weighted by Crippen LogP contribution is 2.48. The topological polar surface area (TPSA) is 414 Å². The number of azo groups is 4. The molecule has 0 spiro atoms. The molecular weight excluding hydrogens is 1080 g/mol. The van der Waals surface area contributed by atoms with Gasteiger partial charge in [0.05, 0.1) is 43.3 Å². The average molecular weight is 1120 g/mol. The molecule has 0 saturated heterocycles. The first-order valence-corrected chi connectivity index (χ1v) is 26.2. The predicted molar refractivity (Wildman–Crippen MR) is 280 cm³/mol. The normalized spacial score (nSPS) is 12.4. The van der Waals surface area contributed by atoms with Crippen molar-refractivity contribution < 1.29 is 78.3 Å². The summed E-state index contributed by atoms with van der Waals surface area (Å²) in [6, 6.07) is 23.2. The van der Waals surface area contributed by atoms with Gasteiger partial charge < -0.3 is 40.4 Å². The van der Waals surface area contributed by atoms with E-state index in [4.69, 9.17) is 19.9 Å². The van der Waals surface area contributed by atoms with Crippen molar-refractivity contribution in [3.8, 4) is 45.6 Å². The lowest BCUT2D eigenvalue weighted by Crippen LogP contribution is -2.00. The number of carbonyl (C=O) groups is 1. The van der Waals surface area contributed by atoms with E-state index in [0.717, 1.165) is 36.4 Å². The van der Waals surface area contributed by atoms with E-state index in [-0.39, 0.29) is 78.5 Å². The number of hydrogen-bond acceptors (Lipinski definition) is 22. The van der Waals surface area contributed by atoms with Crippen LogP contribution in [0, 0.1) is 6.92 Å². The van der Waals surface area contributed by atoms with E-state index < -0.39 is 79.6 Å². The molecule has 0 unspecified atom stereocenters. The van der Waals surface area contributed by atoms with Crippen LogP contribution in [-0.4, -0.2) is 86.6 Å². The van der Waals surface area contributed by atoms with Crippen LogP contribution in [0.4, 0.5) is 51.2 Å². The Kier molecular flexibility index (Phi) is 14.9. The summed E-state index contributed by atoms with van der Waals surface area (Å²) in [5, 5.41) is 74.4. The Labute approximate surface area is 441 Å². The van der Waals surface area contributed by atoms with Gasteiger partial charge in [-0.3, -0.25) is 13.7 Å². The van der Waals surface area contributed by atoms with Crippen molar-refractivity contribution in [2.24, 2.45) is 40.9 Å². The van der Waals surface area contributed by atoms with Gasteiger partial charge in [0.1, 0.15) is 72.5 Å². The maximum Gasteiger partial charge on any atom is 0.339 e. The van der Waals surface area contributed by atoms with Gasteiger partial charge in [0.25, 0.3) is 30.4 Å².